The molecular formula is C25H32N2O4S. The molecule has 2 heterocycles. The molecule has 0 N–H and O–H groups in total. The lowest BCUT2D eigenvalue weighted by Gasteiger charge is -2.37. The summed E-state index contributed by atoms with van der Waals surface area (Å²) in [5.74, 6) is 1.93. The summed E-state index contributed by atoms with van der Waals surface area (Å²) in [5.41, 5.74) is 1.15. The van der Waals surface area contributed by atoms with E-state index in [1.807, 2.05) is 43.0 Å². The summed E-state index contributed by atoms with van der Waals surface area (Å²) >= 11 is 1.73. The van der Waals surface area contributed by atoms with Gasteiger partial charge in [0.05, 0.1) is 19.7 Å². The lowest BCUT2D eigenvalue weighted by atomic mass is 10.00. The second-order valence-corrected chi connectivity index (χ2v) is 9.96. The van der Waals surface area contributed by atoms with E-state index in [0.717, 1.165) is 30.6 Å². The highest BCUT2D eigenvalue weighted by atomic mass is 32.1. The van der Waals surface area contributed by atoms with E-state index in [9.17, 15) is 9.59 Å². The van der Waals surface area contributed by atoms with Crippen molar-refractivity contribution in [3.8, 4) is 11.5 Å². The molecule has 2 aromatic rings. The van der Waals surface area contributed by atoms with Gasteiger partial charge in [-0.3, -0.25) is 9.59 Å². The zero-order valence-electron chi connectivity index (χ0n) is 19.1. The van der Waals surface area contributed by atoms with Crippen LogP contribution in [0.1, 0.15) is 43.2 Å². The standard InChI is InChI=1S/C25H32N2O4S/c1-17(2)25(29)26(14-18-7-8-18)15-24(28)27-11-9-23-21(10-12-32-23)22(27)16-31-20-6-4-5-19(13-20)30-3/h4-6,10,12-13,17-18,22H,7-9,11,14-16H2,1-3H3. The van der Waals surface area contributed by atoms with Crippen LogP contribution in [0.4, 0.5) is 0 Å². The number of carbonyl (C=O) groups is 2. The summed E-state index contributed by atoms with van der Waals surface area (Å²) in [5, 5.41) is 2.08. The fourth-order valence-corrected chi connectivity index (χ4v) is 5.13. The minimum atomic E-state index is -0.166. The number of fused-ring (bicyclic) bond motifs is 1. The Kier molecular flexibility index (Phi) is 7.04. The van der Waals surface area contributed by atoms with Crippen LogP contribution in [0.25, 0.3) is 0 Å². The van der Waals surface area contributed by atoms with Crippen LogP contribution in [-0.2, 0) is 16.0 Å². The third-order valence-corrected chi connectivity index (χ3v) is 7.17. The molecule has 1 atom stereocenters. The molecule has 0 saturated heterocycles. The van der Waals surface area contributed by atoms with Gasteiger partial charge in [-0.2, -0.15) is 0 Å². The van der Waals surface area contributed by atoms with Gasteiger partial charge in [-0.15, -0.1) is 11.3 Å². The average molecular weight is 457 g/mol. The predicted molar refractivity (Wildman–Crippen MR) is 125 cm³/mol. The van der Waals surface area contributed by atoms with Gasteiger partial charge < -0.3 is 19.3 Å². The predicted octanol–water partition coefficient (Wildman–Crippen LogP) is 4.16. The van der Waals surface area contributed by atoms with Gasteiger partial charge in [0, 0.05) is 30.0 Å². The molecular weight excluding hydrogens is 424 g/mol. The van der Waals surface area contributed by atoms with Crippen LogP contribution < -0.4 is 9.47 Å². The van der Waals surface area contributed by atoms with Crippen molar-refractivity contribution in [3.63, 3.8) is 0 Å². The summed E-state index contributed by atoms with van der Waals surface area (Å²) in [6.07, 6.45) is 3.14. The quantitative estimate of drug-likeness (QED) is 0.569. The summed E-state index contributed by atoms with van der Waals surface area (Å²) in [7, 11) is 1.63. The Morgan fingerprint density at radius 2 is 2.00 bits per heavy atom. The van der Waals surface area contributed by atoms with Crippen molar-refractivity contribution in [1.82, 2.24) is 9.80 Å². The van der Waals surface area contributed by atoms with E-state index in [4.69, 9.17) is 9.47 Å². The van der Waals surface area contributed by atoms with Gasteiger partial charge in [0.15, 0.2) is 0 Å². The number of hydrogen-bond donors (Lipinski definition) is 0. The SMILES string of the molecule is COc1cccc(OCC2c3ccsc3CCN2C(=O)CN(CC2CC2)C(=O)C(C)C)c1. The maximum atomic E-state index is 13.5. The van der Waals surface area contributed by atoms with Crippen molar-refractivity contribution in [2.24, 2.45) is 11.8 Å². The molecule has 1 fully saturated rings. The molecule has 0 spiro atoms. The number of amides is 2. The maximum absolute atomic E-state index is 13.5. The Balaban J connectivity index is 1.50. The maximum Gasteiger partial charge on any atom is 0.242 e. The summed E-state index contributed by atoms with van der Waals surface area (Å²) in [4.78, 5) is 31.2. The van der Waals surface area contributed by atoms with E-state index < -0.39 is 0 Å². The highest BCUT2D eigenvalue weighted by Gasteiger charge is 2.35. The Labute approximate surface area is 194 Å². The molecule has 0 bridgehead atoms. The second-order valence-electron chi connectivity index (χ2n) is 8.96. The number of hydrogen-bond acceptors (Lipinski definition) is 5. The van der Waals surface area contributed by atoms with E-state index in [1.54, 1.807) is 23.3 Å². The molecule has 7 heteroatoms. The first-order valence-corrected chi connectivity index (χ1v) is 12.3. The zero-order valence-corrected chi connectivity index (χ0v) is 19.9. The van der Waals surface area contributed by atoms with Crippen molar-refractivity contribution in [1.29, 1.82) is 0 Å². The first-order chi connectivity index (χ1) is 15.5. The smallest absolute Gasteiger partial charge is 0.242 e. The molecule has 1 aliphatic carbocycles. The van der Waals surface area contributed by atoms with Gasteiger partial charge in [-0.25, -0.2) is 0 Å². The largest absolute Gasteiger partial charge is 0.497 e. The van der Waals surface area contributed by atoms with Crippen LogP contribution in [0, 0.1) is 11.8 Å². The molecule has 6 nitrogen and oxygen atoms in total. The molecule has 2 aliphatic rings. The minimum Gasteiger partial charge on any atom is -0.497 e. The highest BCUT2D eigenvalue weighted by molar-refractivity contribution is 7.10. The van der Waals surface area contributed by atoms with Gasteiger partial charge in [0.1, 0.15) is 18.1 Å². The molecule has 1 saturated carbocycles. The topological polar surface area (TPSA) is 59.1 Å². The Morgan fingerprint density at radius 3 is 2.72 bits per heavy atom. The average Bonchev–Trinajstić information content (AvgIpc) is 3.48. The fourth-order valence-electron chi connectivity index (χ4n) is 4.20. The second kappa shape index (κ2) is 9.94. The van der Waals surface area contributed by atoms with Gasteiger partial charge in [0.25, 0.3) is 0 Å². The zero-order chi connectivity index (χ0) is 22.7. The summed E-state index contributed by atoms with van der Waals surface area (Å²) in [6, 6.07) is 9.44. The van der Waals surface area contributed by atoms with E-state index in [1.165, 1.54) is 4.88 Å². The van der Waals surface area contributed by atoms with Gasteiger partial charge in [-0.1, -0.05) is 19.9 Å². The van der Waals surface area contributed by atoms with Crippen molar-refractivity contribution in [3.05, 3.63) is 46.2 Å². The molecule has 1 aromatic carbocycles. The molecule has 1 aliphatic heterocycles. The van der Waals surface area contributed by atoms with E-state index >= 15 is 0 Å². The van der Waals surface area contributed by atoms with Crippen molar-refractivity contribution in [2.75, 3.05) is 33.4 Å². The third-order valence-electron chi connectivity index (χ3n) is 6.17. The summed E-state index contributed by atoms with van der Waals surface area (Å²) < 4.78 is 11.4. The normalized spacial score (nSPS) is 17.8. The van der Waals surface area contributed by atoms with Crippen molar-refractivity contribution in [2.45, 2.75) is 39.2 Å². The van der Waals surface area contributed by atoms with Gasteiger partial charge in [0.2, 0.25) is 11.8 Å². The molecule has 0 radical (unpaired) electrons. The number of carbonyl (C=O) groups excluding carboxylic acids is 2. The van der Waals surface area contributed by atoms with Crippen LogP contribution in [0.3, 0.4) is 0 Å². The molecule has 2 amide bonds. The van der Waals surface area contributed by atoms with Crippen LogP contribution in [0.2, 0.25) is 0 Å². The van der Waals surface area contributed by atoms with Crippen LogP contribution in [0.5, 0.6) is 11.5 Å². The van der Waals surface area contributed by atoms with Gasteiger partial charge in [-0.05, 0) is 54.3 Å². The van der Waals surface area contributed by atoms with E-state index in [-0.39, 0.29) is 30.3 Å². The van der Waals surface area contributed by atoms with E-state index in [2.05, 4.69) is 11.4 Å². The third kappa shape index (κ3) is 5.26. The number of ether oxygens (including phenoxy) is 2. The van der Waals surface area contributed by atoms with Crippen LogP contribution in [0.15, 0.2) is 35.7 Å². The van der Waals surface area contributed by atoms with Crippen molar-refractivity contribution < 1.29 is 19.1 Å². The lowest BCUT2D eigenvalue weighted by molar-refractivity contribution is -0.144. The Hall–Kier alpha value is -2.54. The number of nitrogens with zero attached hydrogens (tertiary/aromatic N) is 2. The first kappa shape index (κ1) is 22.6. The molecule has 1 unspecified atom stereocenters. The highest BCUT2D eigenvalue weighted by Crippen LogP contribution is 2.35. The first-order valence-electron chi connectivity index (χ1n) is 11.4. The molecule has 4 rings (SSSR count). The van der Waals surface area contributed by atoms with Crippen molar-refractivity contribution >= 4 is 23.2 Å². The summed E-state index contributed by atoms with van der Waals surface area (Å²) in [6.45, 7) is 5.63. The molecule has 32 heavy (non-hydrogen) atoms. The molecule has 1 aromatic heterocycles. The lowest BCUT2D eigenvalue weighted by Crippen LogP contribution is -2.49. The molecule has 172 valence electrons. The van der Waals surface area contributed by atoms with Crippen LogP contribution in [-0.4, -0.2) is 55.0 Å². The van der Waals surface area contributed by atoms with Crippen LogP contribution >= 0.6 is 11.3 Å². The Bertz CT molecular complexity index is 953. The number of benzene rings is 1. The monoisotopic (exact) mass is 456 g/mol. The van der Waals surface area contributed by atoms with Gasteiger partial charge >= 0.3 is 0 Å². The van der Waals surface area contributed by atoms with E-state index in [0.29, 0.717) is 31.4 Å². The minimum absolute atomic E-state index is 0.00394. The number of methoxy groups -OCH3 is 1. The number of rotatable bonds is 9. The number of thiophene rings is 1. The Morgan fingerprint density at radius 1 is 1.22 bits per heavy atom. The fraction of sp³-hybridized carbons (Fsp3) is 0.520.